The lowest BCUT2D eigenvalue weighted by molar-refractivity contribution is -0.379. The standard InChI is InChI=1S/C74H137NO18/c1-3-5-7-9-11-13-15-17-19-21-23-25-27-28-30-31-33-35-37-39-41-43-45-47-49-51-58(79)57(75-62(80)52-50-48-46-44-42-40-38-36-34-32-29-26-24-22-20-18-16-14-12-10-8-6-4-2)56-88-72-68(86)65(83)70(60(54-77)90-72)93-74-69(87)66(84)71(61(55-78)91-74)92-73-67(85)64(82)63(81)59(53-76)89-73/h33,35,41,43,49,51,57-61,63-74,76-79,81-87H,3-32,34,36-40,42,44-48,50,52-56H2,1-2H3,(H,75,80)/b35-33+,43-41+,51-49+. The van der Waals surface area contributed by atoms with E-state index in [0.29, 0.717) is 12.8 Å². The minimum Gasteiger partial charge on any atom is -0.394 e. The molecule has 3 saturated heterocycles. The summed E-state index contributed by atoms with van der Waals surface area (Å²) in [6, 6.07) is -0.995. The molecule has 0 aromatic heterocycles. The summed E-state index contributed by atoms with van der Waals surface area (Å²) in [4.78, 5) is 13.4. The number of amides is 1. The molecule has 3 fully saturated rings. The second-order valence-corrected chi connectivity index (χ2v) is 27.1. The Morgan fingerprint density at radius 1 is 0.376 bits per heavy atom. The molecule has 0 aliphatic carbocycles. The van der Waals surface area contributed by atoms with Gasteiger partial charge in [-0.1, -0.05) is 281 Å². The topological polar surface area (TPSA) is 307 Å². The van der Waals surface area contributed by atoms with Gasteiger partial charge in [0.2, 0.25) is 5.91 Å². The molecule has 1 amide bonds. The van der Waals surface area contributed by atoms with Crippen molar-refractivity contribution in [2.75, 3.05) is 26.4 Å². The monoisotopic (exact) mass is 1330 g/mol. The van der Waals surface area contributed by atoms with E-state index in [-0.39, 0.29) is 18.9 Å². The van der Waals surface area contributed by atoms with Crippen molar-refractivity contribution in [3.05, 3.63) is 36.5 Å². The van der Waals surface area contributed by atoms with Crippen LogP contribution in [0.2, 0.25) is 0 Å². The summed E-state index contributed by atoms with van der Waals surface area (Å²) in [6.45, 7) is 1.75. The van der Waals surface area contributed by atoms with Gasteiger partial charge < -0.3 is 89.9 Å². The molecule has 12 N–H and O–H groups in total. The Kier molecular flexibility index (Phi) is 51.2. The lowest BCUT2D eigenvalue weighted by atomic mass is 9.96. The highest BCUT2D eigenvalue weighted by Gasteiger charge is 2.53. The first-order valence-corrected chi connectivity index (χ1v) is 37.7. The largest absolute Gasteiger partial charge is 0.394 e. The van der Waals surface area contributed by atoms with Crippen molar-refractivity contribution in [2.45, 2.75) is 401 Å². The molecular weight excluding hydrogens is 1190 g/mol. The fourth-order valence-corrected chi connectivity index (χ4v) is 12.8. The summed E-state index contributed by atoms with van der Waals surface area (Å²) in [5.41, 5.74) is 0. The van der Waals surface area contributed by atoms with Crippen molar-refractivity contribution in [3.8, 4) is 0 Å². The molecule has 0 aromatic rings. The lowest BCUT2D eigenvalue weighted by Gasteiger charge is -2.48. The van der Waals surface area contributed by atoms with E-state index >= 15 is 0 Å². The molecule has 0 bridgehead atoms. The third-order valence-electron chi connectivity index (χ3n) is 18.9. The van der Waals surface area contributed by atoms with Gasteiger partial charge in [-0.3, -0.25) is 4.79 Å². The van der Waals surface area contributed by atoms with Gasteiger partial charge in [-0.2, -0.15) is 0 Å². The quantitative estimate of drug-likeness (QED) is 0.0199. The van der Waals surface area contributed by atoms with Crippen molar-refractivity contribution in [1.82, 2.24) is 5.32 Å². The molecule has 3 heterocycles. The Balaban J connectivity index is 1.43. The normalized spacial score (nSPS) is 27.7. The second kappa shape index (κ2) is 55.8. The summed E-state index contributed by atoms with van der Waals surface area (Å²) in [5.74, 6) is -0.284. The van der Waals surface area contributed by atoms with E-state index in [1.165, 1.54) is 218 Å². The molecule has 3 aliphatic rings. The van der Waals surface area contributed by atoms with E-state index in [4.69, 9.17) is 28.4 Å². The van der Waals surface area contributed by atoms with Gasteiger partial charge in [0.1, 0.15) is 73.2 Å². The molecule has 3 aliphatic heterocycles. The number of hydrogen-bond acceptors (Lipinski definition) is 18. The number of nitrogens with one attached hydrogen (secondary N) is 1. The third-order valence-corrected chi connectivity index (χ3v) is 18.9. The number of aliphatic hydroxyl groups excluding tert-OH is 11. The fourth-order valence-electron chi connectivity index (χ4n) is 12.8. The van der Waals surface area contributed by atoms with Crippen LogP contribution in [0.5, 0.6) is 0 Å². The number of hydrogen-bond donors (Lipinski definition) is 12. The molecule has 0 aromatic carbocycles. The summed E-state index contributed by atoms with van der Waals surface area (Å²) < 4.78 is 34.4. The van der Waals surface area contributed by atoms with Crippen molar-refractivity contribution in [1.29, 1.82) is 0 Å². The van der Waals surface area contributed by atoms with Crippen LogP contribution in [-0.2, 0) is 33.2 Å². The van der Waals surface area contributed by atoms with Crippen LogP contribution < -0.4 is 5.32 Å². The first kappa shape index (κ1) is 85.2. The Bertz CT molecular complexity index is 1830. The molecule has 17 atom stereocenters. The molecule has 546 valence electrons. The smallest absolute Gasteiger partial charge is 0.220 e. The number of allylic oxidation sites excluding steroid dienone is 5. The van der Waals surface area contributed by atoms with E-state index in [1.807, 2.05) is 6.08 Å². The minimum absolute atomic E-state index is 0.236. The number of carbonyl (C=O) groups excluding carboxylic acids is 1. The zero-order valence-electron chi connectivity index (χ0n) is 58.0. The first-order chi connectivity index (χ1) is 45.3. The van der Waals surface area contributed by atoms with Crippen molar-refractivity contribution in [2.24, 2.45) is 0 Å². The van der Waals surface area contributed by atoms with Crippen LogP contribution in [0.15, 0.2) is 36.5 Å². The predicted molar refractivity (Wildman–Crippen MR) is 365 cm³/mol. The first-order valence-electron chi connectivity index (χ1n) is 37.7. The van der Waals surface area contributed by atoms with Crippen molar-refractivity contribution >= 4 is 5.91 Å². The maximum absolute atomic E-state index is 13.4. The van der Waals surface area contributed by atoms with Crippen LogP contribution in [0.3, 0.4) is 0 Å². The third kappa shape index (κ3) is 37.1. The van der Waals surface area contributed by atoms with Crippen LogP contribution >= 0.6 is 0 Å². The maximum Gasteiger partial charge on any atom is 0.220 e. The zero-order valence-corrected chi connectivity index (χ0v) is 58.0. The summed E-state index contributed by atoms with van der Waals surface area (Å²) in [6.07, 6.45) is 39.9. The van der Waals surface area contributed by atoms with Gasteiger partial charge in [0, 0.05) is 6.42 Å². The van der Waals surface area contributed by atoms with E-state index in [9.17, 15) is 61.0 Å². The van der Waals surface area contributed by atoms with Gasteiger partial charge >= 0.3 is 0 Å². The van der Waals surface area contributed by atoms with E-state index in [0.717, 1.165) is 44.9 Å². The molecule has 19 heteroatoms. The number of ether oxygens (including phenoxy) is 6. The van der Waals surface area contributed by atoms with E-state index in [2.05, 4.69) is 43.5 Å². The van der Waals surface area contributed by atoms with Crippen LogP contribution in [-0.4, -0.2) is 193 Å². The van der Waals surface area contributed by atoms with Crippen LogP contribution in [0.4, 0.5) is 0 Å². The second-order valence-electron chi connectivity index (χ2n) is 27.1. The van der Waals surface area contributed by atoms with Gasteiger partial charge in [-0.15, -0.1) is 0 Å². The number of carbonyl (C=O) groups is 1. The molecule has 17 unspecified atom stereocenters. The Morgan fingerprint density at radius 3 is 1.08 bits per heavy atom. The molecule has 19 nitrogen and oxygen atoms in total. The average Bonchev–Trinajstić information content (AvgIpc) is 0.995. The number of aliphatic hydroxyl groups is 11. The number of rotatable bonds is 59. The molecule has 93 heavy (non-hydrogen) atoms. The van der Waals surface area contributed by atoms with Gasteiger partial charge in [-0.05, 0) is 44.9 Å². The minimum atomic E-state index is -1.98. The maximum atomic E-state index is 13.4. The zero-order chi connectivity index (χ0) is 67.5. The highest BCUT2D eigenvalue weighted by atomic mass is 16.8. The molecule has 0 spiro atoms. The van der Waals surface area contributed by atoms with Crippen molar-refractivity contribution < 1.29 is 89.4 Å². The van der Waals surface area contributed by atoms with Crippen LogP contribution in [0.1, 0.15) is 296 Å². The van der Waals surface area contributed by atoms with E-state index in [1.54, 1.807) is 6.08 Å². The lowest BCUT2D eigenvalue weighted by Crippen LogP contribution is -2.66. The van der Waals surface area contributed by atoms with Gasteiger partial charge in [0.15, 0.2) is 18.9 Å². The number of unbranched alkanes of at least 4 members (excludes halogenated alkanes) is 39. The van der Waals surface area contributed by atoms with Crippen LogP contribution in [0, 0.1) is 0 Å². The summed E-state index contributed by atoms with van der Waals surface area (Å²) >= 11 is 0. The Morgan fingerprint density at radius 2 is 0.688 bits per heavy atom. The van der Waals surface area contributed by atoms with Gasteiger partial charge in [-0.25, -0.2) is 0 Å². The van der Waals surface area contributed by atoms with Gasteiger partial charge in [0.05, 0.1) is 38.6 Å². The van der Waals surface area contributed by atoms with E-state index < -0.39 is 124 Å². The Hall–Kier alpha value is -1.99. The highest BCUT2D eigenvalue weighted by molar-refractivity contribution is 5.76. The summed E-state index contributed by atoms with van der Waals surface area (Å²) in [5, 5.41) is 121. The Labute approximate surface area is 561 Å². The SMILES string of the molecule is CCCCCCCCCCCCCCCCC/C=C/CC/C=C/CC/C=C/C(O)C(COC1OC(CO)C(OC2OC(CO)C(OC3OC(CO)C(O)C(O)C3O)C(O)C2O)C(O)C1O)NC(=O)CCCCCCCCCCCCCCCCCCCCCCCCC. The van der Waals surface area contributed by atoms with Gasteiger partial charge in [0.25, 0.3) is 0 Å². The molecule has 3 rings (SSSR count). The molecule has 0 saturated carbocycles. The fraction of sp³-hybridized carbons (Fsp3) is 0.905. The highest BCUT2D eigenvalue weighted by Crippen LogP contribution is 2.33. The van der Waals surface area contributed by atoms with Crippen LogP contribution in [0.25, 0.3) is 0 Å². The summed E-state index contributed by atoms with van der Waals surface area (Å²) in [7, 11) is 0. The average molecular weight is 1330 g/mol. The predicted octanol–water partition coefficient (Wildman–Crippen LogP) is 11.2. The molecule has 0 radical (unpaired) electrons. The van der Waals surface area contributed by atoms with Crippen molar-refractivity contribution in [3.63, 3.8) is 0 Å². The molecular formula is C74H137NO18.